The maximum absolute atomic E-state index is 5.81. The summed E-state index contributed by atoms with van der Waals surface area (Å²) in [4.78, 5) is 0. The van der Waals surface area contributed by atoms with Crippen LogP contribution in [0.25, 0.3) is 0 Å². The van der Waals surface area contributed by atoms with Gasteiger partial charge in [-0.3, -0.25) is 0 Å². The van der Waals surface area contributed by atoms with Crippen LogP contribution in [0.3, 0.4) is 0 Å². The summed E-state index contributed by atoms with van der Waals surface area (Å²) in [6, 6.07) is 6.25. The van der Waals surface area contributed by atoms with Crippen molar-refractivity contribution in [1.29, 1.82) is 0 Å². The van der Waals surface area contributed by atoms with Gasteiger partial charge < -0.3 is 4.74 Å². The molecule has 1 aromatic rings. The first kappa shape index (κ1) is 13.4. The van der Waals surface area contributed by atoms with Gasteiger partial charge in [0.25, 0.3) is 0 Å². The Morgan fingerprint density at radius 3 is 2.38 bits per heavy atom. The molecular weight excluding hydrogens is 216 g/mol. The number of hydrogen-bond donors (Lipinski definition) is 1. The molecule has 1 atom stereocenters. The average molecular weight is 238 g/mol. The van der Waals surface area contributed by atoms with Gasteiger partial charge in [0, 0.05) is 5.92 Å². The van der Waals surface area contributed by atoms with Crippen molar-refractivity contribution in [2.24, 2.45) is 11.8 Å². The summed E-state index contributed by atoms with van der Waals surface area (Å²) in [5, 5.41) is 0. The summed E-state index contributed by atoms with van der Waals surface area (Å²) in [6.45, 7) is 9.41. The van der Waals surface area contributed by atoms with Crippen LogP contribution >= 0.6 is 12.6 Å². The molecule has 0 saturated carbocycles. The van der Waals surface area contributed by atoms with Crippen molar-refractivity contribution in [1.82, 2.24) is 0 Å². The van der Waals surface area contributed by atoms with Gasteiger partial charge in [-0.05, 0) is 48.8 Å². The molecule has 0 N–H and O–H groups in total. The fourth-order valence-corrected chi connectivity index (χ4v) is 1.99. The third-order valence-electron chi connectivity index (χ3n) is 3.12. The summed E-state index contributed by atoms with van der Waals surface area (Å²) in [6.07, 6.45) is 0. The standard InChI is InChI=1S/C14H22OS/c1-10(2)13(9-16)8-15-14-6-5-11(3)12(4)7-14/h5-7,10,13,16H,8-9H2,1-4H3. The highest BCUT2D eigenvalue weighted by atomic mass is 32.1. The first-order chi connectivity index (χ1) is 7.54. The van der Waals surface area contributed by atoms with Crippen LogP contribution in [-0.4, -0.2) is 12.4 Å². The summed E-state index contributed by atoms with van der Waals surface area (Å²) in [5.74, 6) is 2.98. The Kier molecular flexibility index (Phi) is 5.20. The zero-order valence-electron chi connectivity index (χ0n) is 10.7. The molecule has 0 aromatic heterocycles. The fraction of sp³-hybridized carbons (Fsp3) is 0.571. The Labute approximate surface area is 105 Å². The summed E-state index contributed by atoms with van der Waals surface area (Å²) in [5.41, 5.74) is 2.59. The van der Waals surface area contributed by atoms with E-state index in [0.717, 1.165) is 18.1 Å². The molecule has 0 fully saturated rings. The Morgan fingerprint density at radius 2 is 1.88 bits per heavy atom. The van der Waals surface area contributed by atoms with E-state index in [1.165, 1.54) is 11.1 Å². The van der Waals surface area contributed by atoms with Crippen LogP contribution < -0.4 is 4.74 Å². The van der Waals surface area contributed by atoms with Crippen LogP contribution in [0.1, 0.15) is 25.0 Å². The van der Waals surface area contributed by atoms with Crippen LogP contribution in [0.4, 0.5) is 0 Å². The monoisotopic (exact) mass is 238 g/mol. The van der Waals surface area contributed by atoms with Gasteiger partial charge in [0.2, 0.25) is 0 Å². The molecule has 0 aliphatic carbocycles. The van der Waals surface area contributed by atoms with Crippen molar-refractivity contribution in [2.45, 2.75) is 27.7 Å². The third kappa shape index (κ3) is 3.75. The number of rotatable bonds is 5. The molecule has 0 aliphatic rings. The van der Waals surface area contributed by atoms with E-state index in [0.29, 0.717) is 11.8 Å². The largest absolute Gasteiger partial charge is 0.493 e. The zero-order valence-corrected chi connectivity index (χ0v) is 11.6. The molecular formula is C14H22OS. The smallest absolute Gasteiger partial charge is 0.119 e. The minimum absolute atomic E-state index is 0.518. The molecule has 1 nitrogen and oxygen atoms in total. The molecule has 0 bridgehead atoms. The van der Waals surface area contributed by atoms with Gasteiger partial charge in [0.05, 0.1) is 6.61 Å². The van der Waals surface area contributed by atoms with E-state index in [9.17, 15) is 0 Å². The molecule has 16 heavy (non-hydrogen) atoms. The topological polar surface area (TPSA) is 9.23 Å². The highest BCUT2D eigenvalue weighted by Crippen LogP contribution is 2.19. The molecule has 1 aromatic carbocycles. The van der Waals surface area contributed by atoms with Crippen molar-refractivity contribution >= 4 is 12.6 Å². The molecule has 90 valence electrons. The Hall–Kier alpha value is -0.630. The van der Waals surface area contributed by atoms with E-state index >= 15 is 0 Å². The van der Waals surface area contributed by atoms with E-state index in [4.69, 9.17) is 4.74 Å². The molecule has 0 amide bonds. The van der Waals surface area contributed by atoms with Crippen LogP contribution in [0.2, 0.25) is 0 Å². The lowest BCUT2D eigenvalue weighted by Gasteiger charge is -2.19. The minimum Gasteiger partial charge on any atom is -0.493 e. The third-order valence-corrected chi connectivity index (χ3v) is 3.59. The maximum atomic E-state index is 5.81. The highest BCUT2D eigenvalue weighted by molar-refractivity contribution is 7.80. The molecule has 0 aliphatic heterocycles. The van der Waals surface area contributed by atoms with Crippen LogP contribution in [0, 0.1) is 25.7 Å². The summed E-state index contributed by atoms with van der Waals surface area (Å²) in [7, 11) is 0. The van der Waals surface area contributed by atoms with Crippen LogP contribution in [0.15, 0.2) is 18.2 Å². The van der Waals surface area contributed by atoms with Crippen molar-refractivity contribution in [3.63, 3.8) is 0 Å². The first-order valence-corrected chi connectivity index (χ1v) is 6.48. The maximum Gasteiger partial charge on any atom is 0.119 e. The van der Waals surface area contributed by atoms with E-state index in [1.807, 2.05) is 6.07 Å². The van der Waals surface area contributed by atoms with Gasteiger partial charge in [-0.1, -0.05) is 19.9 Å². The van der Waals surface area contributed by atoms with Crippen molar-refractivity contribution < 1.29 is 4.74 Å². The predicted molar refractivity (Wildman–Crippen MR) is 73.6 cm³/mol. The van der Waals surface area contributed by atoms with E-state index in [2.05, 4.69) is 52.5 Å². The SMILES string of the molecule is Cc1ccc(OCC(CS)C(C)C)cc1C. The molecule has 0 spiro atoms. The second-order valence-electron chi connectivity index (χ2n) is 4.74. The first-order valence-electron chi connectivity index (χ1n) is 5.85. The number of benzene rings is 1. The van der Waals surface area contributed by atoms with Gasteiger partial charge in [0.15, 0.2) is 0 Å². The average Bonchev–Trinajstić information content (AvgIpc) is 2.23. The Balaban J connectivity index is 2.57. The summed E-state index contributed by atoms with van der Waals surface area (Å²) >= 11 is 4.36. The Bertz CT molecular complexity index is 334. The van der Waals surface area contributed by atoms with Crippen LogP contribution in [0.5, 0.6) is 5.75 Å². The van der Waals surface area contributed by atoms with Gasteiger partial charge in [0.1, 0.15) is 5.75 Å². The molecule has 0 heterocycles. The van der Waals surface area contributed by atoms with Gasteiger partial charge in [-0.25, -0.2) is 0 Å². The minimum atomic E-state index is 0.518. The van der Waals surface area contributed by atoms with Gasteiger partial charge in [-0.15, -0.1) is 0 Å². The van der Waals surface area contributed by atoms with E-state index < -0.39 is 0 Å². The number of thiol groups is 1. The molecule has 0 radical (unpaired) electrons. The number of ether oxygens (including phenoxy) is 1. The Morgan fingerprint density at radius 1 is 1.19 bits per heavy atom. The zero-order chi connectivity index (χ0) is 12.1. The van der Waals surface area contributed by atoms with Gasteiger partial charge in [-0.2, -0.15) is 12.6 Å². The van der Waals surface area contributed by atoms with Crippen LogP contribution in [-0.2, 0) is 0 Å². The lowest BCUT2D eigenvalue weighted by Crippen LogP contribution is -2.19. The molecule has 1 unspecified atom stereocenters. The second kappa shape index (κ2) is 6.19. The molecule has 0 saturated heterocycles. The van der Waals surface area contributed by atoms with Crippen molar-refractivity contribution in [3.05, 3.63) is 29.3 Å². The fourth-order valence-electron chi connectivity index (χ4n) is 1.46. The molecule has 2 heteroatoms. The lowest BCUT2D eigenvalue weighted by molar-refractivity contribution is 0.227. The predicted octanol–water partition coefficient (Wildman–Crippen LogP) is 3.88. The molecule has 1 rings (SSSR count). The highest BCUT2D eigenvalue weighted by Gasteiger charge is 2.12. The quantitative estimate of drug-likeness (QED) is 0.766. The summed E-state index contributed by atoms with van der Waals surface area (Å²) < 4.78 is 5.81. The second-order valence-corrected chi connectivity index (χ2v) is 5.11. The van der Waals surface area contributed by atoms with Gasteiger partial charge >= 0.3 is 0 Å². The van der Waals surface area contributed by atoms with Crippen molar-refractivity contribution in [2.75, 3.05) is 12.4 Å². The van der Waals surface area contributed by atoms with Crippen molar-refractivity contribution in [3.8, 4) is 5.75 Å². The van der Waals surface area contributed by atoms with E-state index in [1.54, 1.807) is 0 Å². The lowest BCUT2D eigenvalue weighted by atomic mass is 9.99. The number of hydrogen-bond acceptors (Lipinski definition) is 2. The number of aryl methyl sites for hydroxylation is 2. The normalized spacial score (nSPS) is 12.9. The van der Waals surface area contributed by atoms with E-state index in [-0.39, 0.29) is 0 Å².